The molecule has 2 aliphatic rings. The number of amides is 1. The molecule has 1 aromatic heterocycles. The Labute approximate surface area is 200 Å². The van der Waals surface area contributed by atoms with Crippen molar-refractivity contribution in [1.82, 2.24) is 19.7 Å². The van der Waals surface area contributed by atoms with Crippen LogP contribution in [-0.2, 0) is 11.3 Å². The second-order valence-corrected chi connectivity index (χ2v) is 10.7. The molecule has 0 radical (unpaired) electrons. The van der Waals surface area contributed by atoms with Gasteiger partial charge in [-0.2, -0.15) is 0 Å². The van der Waals surface area contributed by atoms with Gasteiger partial charge in [-0.25, -0.2) is 4.98 Å². The number of hydrogen-bond donors (Lipinski definition) is 0. The van der Waals surface area contributed by atoms with E-state index in [0.29, 0.717) is 13.0 Å². The Morgan fingerprint density at radius 1 is 1.25 bits per heavy atom. The minimum absolute atomic E-state index is 0.205. The van der Waals surface area contributed by atoms with Crippen LogP contribution in [0.1, 0.15) is 29.8 Å². The van der Waals surface area contributed by atoms with Gasteiger partial charge in [0, 0.05) is 61.2 Å². The SMILES string of the molecule is Cc1cc(OC[C@]2(CC(=O)N3CCN(C)CC3)CCCN(Cc3nccs3)C2)ccc1Cl. The van der Waals surface area contributed by atoms with Crippen LogP contribution < -0.4 is 4.74 Å². The Morgan fingerprint density at radius 3 is 2.78 bits per heavy atom. The molecule has 0 bridgehead atoms. The number of piperidine rings is 1. The van der Waals surface area contributed by atoms with Crippen LogP contribution in [0.4, 0.5) is 0 Å². The molecular weight excluding hydrogens is 444 g/mol. The number of ether oxygens (including phenoxy) is 1. The van der Waals surface area contributed by atoms with E-state index in [1.165, 1.54) is 0 Å². The predicted molar refractivity (Wildman–Crippen MR) is 129 cm³/mol. The number of piperazine rings is 1. The quantitative estimate of drug-likeness (QED) is 0.606. The molecule has 174 valence electrons. The highest BCUT2D eigenvalue weighted by molar-refractivity contribution is 7.09. The van der Waals surface area contributed by atoms with E-state index in [9.17, 15) is 4.79 Å². The van der Waals surface area contributed by atoms with Gasteiger partial charge in [-0.3, -0.25) is 9.69 Å². The Morgan fingerprint density at radius 2 is 2.06 bits per heavy atom. The average Bonchev–Trinajstić information content (AvgIpc) is 3.28. The number of nitrogens with zero attached hydrogens (tertiary/aromatic N) is 4. The summed E-state index contributed by atoms with van der Waals surface area (Å²) in [7, 11) is 2.11. The van der Waals surface area contributed by atoms with Gasteiger partial charge >= 0.3 is 0 Å². The maximum absolute atomic E-state index is 13.3. The summed E-state index contributed by atoms with van der Waals surface area (Å²) in [6, 6.07) is 5.78. The number of likely N-dealkylation sites (N-methyl/N-ethyl adjacent to an activating group) is 1. The third-order valence-electron chi connectivity index (χ3n) is 6.64. The van der Waals surface area contributed by atoms with Crippen LogP contribution in [0.5, 0.6) is 5.75 Å². The minimum atomic E-state index is -0.205. The third-order valence-corrected chi connectivity index (χ3v) is 7.83. The lowest BCUT2D eigenvalue weighted by Crippen LogP contribution is -2.52. The fourth-order valence-electron chi connectivity index (χ4n) is 4.71. The summed E-state index contributed by atoms with van der Waals surface area (Å²) in [5, 5.41) is 3.89. The molecule has 0 aliphatic carbocycles. The Balaban J connectivity index is 1.48. The first-order valence-corrected chi connectivity index (χ1v) is 12.6. The summed E-state index contributed by atoms with van der Waals surface area (Å²) in [5.41, 5.74) is 0.796. The van der Waals surface area contributed by atoms with Crippen molar-refractivity contribution in [2.24, 2.45) is 5.41 Å². The van der Waals surface area contributed by atoms with E-state index in [0.717, 1.165) is 80.0 Å². The number of aryl methyl sites for hydroxylation is 1. The van der Waals surface area contributed by atoms with Crippen molar-refractivity contribution in [1.29, 1.82) is 0 Å². The lowest BCUT2D eigenvalue weighted by molar-refractivity contribution is -0.137. The van der Waals surface area contributed by atoms with Crippen LogP contribution in [0.3, 0.4) is 0 Å². The number of aromatic nitrogens is 1. The minimum Gasteiger partial charge on any atom is -0.493 e. The predicted octanol–water partition coefficient (Wildman–Crippen LogP) is 3.93. The number of carbonyl (C=O) groups excluding carboxylic acids is 1. The lowest BCUT2D eigenvalue weighted by Gasteiger charge is -2.43. The number of thiazole rings is 1. The van der Waals surface area contributed by atoms with Gasteiger partial charge < -0.3 is 14.5 Å². The Hall–Kier alpha value is -1.67. The van der Waals surface area contributed by atoms with E-state index in [1.54, 1.807) is 11.3 Å². The zero-order valence-corrected chi connectivity index (χ0v) is 20.6. The molecule has 0 N–H and O–H groups in total. The number of carbonyl (C=O) groups is 1. The van der Waals surface area contributed by atoms with Gasteiger partial charge in [0.05, 0.1) is 13.2 Å². The summed E-state index contributed by atoms with van der Waals surface area (Å²) in [5.74, 6) is 1.07. The highest BCUT2D eigenvalue weighted by atomic mass is 35.5. The van der Waals surface area contributed by atoms with Crippen LogP contribution in [0, 0.1) is 12.3 Å². The summed E-state index contributed by atoms with van der Waals surface area (Å²) in [6.45, 7) is 8.73. The van der Waals surface area contributed by atoms with Crippen molar-refractivity contribution in [2.45, 2.75) is 32.7 Å². The van der Waals surface area contributed by atoms with Gasteiger partial charge in [-0.05, 0) is 57.1 Å². The smallest absolute Gasteiger partial charge is 0.223 e. The number of halogens is 1. The molecule has 2 aliphatic heterocycles. The molecule has 1 atom stereocenters. The number of benzene rings is 1. The van der Waals surface area contributed by atoms with Crippen LogP contribution in [0.2, 0.25) is 5.02 Å². The van der Waals surface area contributed by atoms with Crippen molar-refractivity contribution in [2.75, 3.05) is 52.9 Å². The van der Waals surface area contributed by atoms with Gasteiger partial charge in [-0.15, -0.1) is 11.3 Å². The number of hydrogen-bond acceptors (Lipinski definition) is 6. The summed E-state index contributed by atoms with van der Waals surface area (Å²) in [4.78, 5) is 24.5. The van der Waals surface area contributed by atoms with E-state index in [1.807, 2.05) is 41.6 Å². The van der Waals surface area contributed by atoms with Crippen molar-refractivity contribution >= 4 is 28.8 Å². The zero-order chi connectivity index (χ0) is 22.6. The van der Waals surface area contributed by atoms with Crippen molar-refractivity contribution in [3.63, 3.8) is 0 Å². The zero-order valence-electron chi connectivity index (χ0n) is 19.1. The molecule has 6 nitrogen and oxygen atoms in total. The molecule has 1 amide bonds. The second-order valence-electron chi connectivity index (χ2n) is 9.30. The van der Waals surface area contributed by atoms with Gasteiger partial charge in [-0.1, -0.05) is 11.6 Å². The Bertz CT molecular complexity index is 901. The van der Waals surface area contributed by atoms with Crippen molar-refractivity contribution in [3.05, 3.63) is 45.4 Å². The van der Waals surface area contributed by atoms with Crippen LogP contribution in [0.25, 0.3) is 0 Å². The molecule has 0 spiro atoms. The van der Waals surface area contributed by atoms with Crippen LogP contribution in [-0.4, -0.2) is 78.5 Å². The Kier molecular flexibility index (Phi) is 7.71. The second kappa shape index (κ2) is 10.5. The maximum atomic E-state index is 13.3. The molecule has 1 aromatic carbocycles. The van der Waals surface area contributed by atoms with E-state index < -0.39 is 0 Å². The molecule has 0 unspecified atom stereocenters. The van der Waals surface area contributed by atoms with Crippen LogP contribution in [0.15, 0.2) is 29.8 Å². The standard InChI is InChI=1S/C24H33ClN4O2S/c1-19-14-20(4-5-21(19)25)31-18-24(15-23(30)29-11-9-27(2)10-12-29)6-3-8-28(17-24)16-22-26-7-13-32-22/h4-5,7,13-14H,3,6,8-12,15-18H2,1-2H3/t24-/m0/s1. The highest BCUT2D eigenvalue weighted by Crippen LogP contribution is 2.36. The summed E-state index contributed by atoms with van der Waals surface area (Å²) in [6.07, 6.45) is 4.44. The maximum Gasteiger partial charge on any atom is 0.223 e. The van der Waals surface area contributed by atoms with Gasteiger partial charge in [0.1, 0.15) is 10.8 Å². The largest absolute Gasteiger partial charge is 0.493 e. The van der Waals surface area contributed by atoms with Gasteiger partial charge in [0.25, 0.3) is 0 Å². The van der Waals surface area contributed by atoms with Gasteiger partial charge in [0.15, 0.2) is 0 Å². The summed E-state index contributed by atoms with van der Waals surface area (Å²) < 4.78 is 6.30. The first kappa shape index (κ1) is 23.5. The first-order valence-electron chi connectivity index (χ1n) is 11.4. The first-order chi connectivity index (χ1) is 15.4. The molecule has 2 aromatic rings. The lowest BCUT2D eigenvalue weighted by atomic mass is 9.77. The van der Waals surface area contributed by atoms with E-state index in [-0.39, 0.29) is 11.3 Å². The molecule has 4 rings (SSSR count). The molecule has 3 heterocycles. The molecule has 8 heteroatoms. The molecule has 2 saturated heterocycles. The molecule has 2 fully saturated rings. The van der Waals surface area contributed by atoms with E-state index in [2.05, 4.69) is 21.8 Å². The summed E-state index contributed by atoms with van der Waals surface area (Å²) >= 11 is 7.88. The number of likely N-dealkylation sites (tertiary alicyclic amines) is 1. The monoisotopic (exact) mass is 476 g/mol. The molecular formula is C24H33ClN4O2S. The fraction of sp³-hybridized carbons (Fsp3) is 0.583. The third kappa shape index (κ3) is 6.01. The average molecular weight is 477 g/mol. The van der Waals surface area contributed by atoms with Crippen molar-refractivity contribution in [3.8, 4) is 5.75 Å². The van der Waals surface area contributed by atoms with E-state index in [4.69, 9.17) is 16.3 Å². The highest BCUT2D eigenvalue weighted by Gasteiger charge is 2.40. The normalized spacial score (nSPS) is 22.8. The van der Waals surface area contributed by atoms with Crippen LogP contribution >= 0.6 is 22.9 Å². The fourth-order valence-corrected chi connectivity index (χ4v) is 5.49. The van der Waals surface area contributed by atoms with E-state index >= 15 is 0 Å². The number of rotatable bonds is 7. The topological polar surface area (TPSA) is 48.9 Å². The molecule has 0 saturated carbocycles. The van der Waals surface area contributed by atoms with Crippen molar-refractivity contribution < 1.29 is 9.53 Å². The molecule has 32 heavy (non-hydrogen) atoms. The van der Waals surface area contributed by atoms with Gasteiger partial charge in [0.2, 0.25) is 5.91 Å².